The Morgan fingerprint density at radius 2 is 2.13 bits per heavy atom. The number of rotatable bonds is 5. The van der Waals surface area contributed by atoms with Crippen LogP contribution in [0.5, 0.6) is 0 Å². The van der Waals surface area contributed by atoms with Crippen LogP contribution in [0.1, 0.15) is 44.1 Å². The van der Waals surface area contributed by atoms with Crippen molar-refractivity contribution in [2.24, 2.45) is 18.8 Å². The smallest absolute Gasteiger partial charge is 0.0629 e. The third kappa shape index (κ3) is 3.32. The highest BCUT2D eigenvalue weighted by Crippen LogP contribution is 2.20. The number of aromatic nitrogens is 2. The Balaban J connectivity index is 2.69. The molecule has 1 unspecified atom stereocenters. The maximum absolute atomic E-state index is 5.58. The molecule has 0 spiro atoms. The number of hydrazine groups is 1. The first-order valence-corrected chi connectivity index (χ1v) is 5.51. The first-order chi connectivity index (χ1) is 7.04. The lowest BCUT2D eigenvalue weighted by Gasteiger charge is -2.17. The zero-order valence-corrected chi connectivity index (χ0v) is 10.1. The van der Waals surface area contributed by atoms with Gasteiger partial charge in [0.2, 0.25) is 0 Å². The van der Waals surface area contributed by atoms with Gasteiger partial charge in [-0.1, -0.05) is 13.8 Å². The van der Waals surface area contributed by atoms with Gasteiger partial charge in [-0.15, -0.1) is 0 Å². The lowest BCUT2D eigenvalue weighted by atomic mass is 10.0. The highest BCUT2D eigenvalue weighted by atomic mass is 15.3. The molecule has 0 saturated heterocycles. The fourth-order valence-corrected chi connectivity index (χ4v) is 1.77. The summed E-state index contributed by atoms with van der Waals surface area (Å²) in [6.07, 6.45) is 2.21. The normalized spacial score (nSPS) is 13.5. The average molecular weight is 210 g/mol. The molecule has 0 aromatic carbocycles. The van der Waals surface area contributed by atoms with E-state index in [9.17, 15) is 0 Å². The summed E-state index contributed by atoms with van der Waals surface area (Å²) < 4.78 is 1.90. The highest BCUT2D eigenvalue weighted by molar-refractivity contribution is 5.12. The second-order valence-corrected chi connectivity index (χ2v) is 4.52. The molecule has 0 fully saturated rings. The molecule has 0 amide bonds. The number of hydrogen-bond donors (Lipinski definition) is 2. The Kier molecular flexibility index (Phi) is 4.29. The summed E-state index contributed by atoms with van der Waals surface area (Å²) in [5.74, 6) is 6.28. The predicted molar refractivity (Wildman–Crippen MR) is 62.1 cm³/mol. The van der Waals surface area contributed by atoms with E-state index in [4.69, 9.17) is 5.84 Å². The summed E-state index contributed by atoms with van der Waals surface area (Å²) in [5.41, 5.74) is 5.07. The summed E-state index contributed by atoms with van der Waals surface area (Å²) in [6, 6.07) is 2.30. The molecule has 0 saturated carbocycles. The van der Waals surface area contributed by atoms with E-state index in [1.807, 2.05) is 18.7 Å². The lowest BCUT2D eigenvalue weighted by Crippen LogP contribution is -2.29. The van der Waals surface area contributed by atoms with Crippen molar-refractivity contribution in [1.82, 2.24) is 15.2 Å². The summed E-state index contributed by atoms with van der Waals surface area (Å²) >= 11 is 0. The Morgan fingerprint density at radius 3 is 2.53 bits per heavy atom. The van der Waals surface area contributed by atoms with Gasteiger partial charge in [0.15, 0.2) is 0 Å². The van der Waals surface area contributed by atoms with E-state index in [1.165, 1.54) is 6.42 Å². The van der Waals surface area contributed by atoms with Crippen molar-refractivity contribution in [3.63, 3.8) is 0 Å². The fourth-order valence-electron chi connectivity index (χ4n) is 1.77. The van der Waals surface area contributed by atoms with Crippen molar-refractivity contribution < 1.29 is 0 Å². The van der Waals surface area contributed by atoms with Crippen molar-refractivity contribution >= 4 is 0 Å². The first kappa shape index (κ1) is 12.2. The molecule has 0 bridgehead atoms. The number of aryl methyl sites for hydroxylation is 2. The second-order valence-electron chi connectivity index (χ2n) is 4.52. The van der Waals surface area contributed by atoms with Crippen LogP contribution in [-0.2, 0) is 7.05 Å². The summed E-state index contributed by atoms with van der Waals surface area (Å²) in [7, 11) is 1.96. The minimum absolute atomic E-state index is 0.207. The van der Waals surface area contributed by atoms with Gasteiger partial charge in [-0.25, -0.2) is 0 Å². The molecule has 1 rings (SSSR count). The van der Waals surface area contributed by atoms with Gasteiger partial charge in [-0.05, 0) is 31.7 Å². The maximum Gasteiger partial charge on any atom is 0.0629 e. The zero-order chi connectivity index (χ0) is 11.4. The minimum atomic E-state index is 0.207. The van der Waals surface area contributed by atoms with Crippen LogP contribution in [0.3, 0.4) is 0 Å². The molecule has 0 aliphatic carbocycles. The molecular weight excluding hydrogens is 188 g/mol. The van der Waals surface area contributed by atoms with Gasteiger partial charge in [0.05, 0.1) is 17.4 Å². The van der Waals surface area contributed by atoms with Crippen LogP contribution in [0.2, 0.25) is 0 Å². The zero-order valence-electron chi connectivity index (χ0n) is 10.1. The molecular formula is C11H22N4. The number of hydrogen-bond acceptors (Lipinski definition) is 3. The molecule has 15 heavy (non-hydrogen) atoms. The van der Waals surface area contributed by atoms with E-state index in [0.717, 1.165) is 17.8 Å². The molecule has 1 heterocycles. The molecule has 1 aromatic rings. The highest BCUT2D eigenvalue weighted by Gasteiger charge is 2.14. The quantitative estimate of drug-likeness (QED) is 0.574. The van der Waals surface area contributed by atoms with Crippen LogP contribution in [-0.4, -0.2) is 9.78 Å². The van der Waals surface area contributed by atoms with Gasteiger partial charge >= 0.3 is 0 Å². The maximum atomic E-state index is 5.58. The molecule has 1 atom stereocenters. The third-order valence-corrected chi connectivity index (χ3v) is 2.63. The van der Waals surface area contributed by atoms with Crippen LogP contribution >= 0.6 is 0 Å². The van der Waals surface area contributed by atoms with Gasteiger partial charge < -0.3 is 0 Å². The molecule has 0 aliphatic heterocycles. The lowest BCUT2D eigenvalue weighted by molar-refractivity contribution is 0.428. The minimum Gasteiger partial charge on any atom is -0.271 e. The Labute approximate surface area is 91.8 Å². The largest absolute Gasteiger partial charge is 0.271 e. The van der Waals surface area contributed by atoms with Crippen LogP contribution in [0, 0.1) is 12.8 Å². The standard InChI is InChI=1S/C11H22N4/c1-8(2)5-6-10(13-12)11-7-9(3)14-15(11)4/h7-8,10,13H,5-6,12H2,1-4H3. The topological polar surface area (TPSA) is 55.9 Å². The molecule has 3 N–H and O–H groups in total. The van der Waals surface area contributed by atoms with E-state index in [-0.39, 0.29) is 6.04 Å². The second kappa shape index (κ2) is 5.28. The Bertz CT molecular complexity index is 304. The Morgan fingerprint density at radius 1 is 1.47 bits per heavy atom. The monoisotopic (exact) mass is 210 g/mol. The van der Waals surface area contributed by atoms with Crippen molar-refractivity contribution in [1.29, 1.82) is 0 Å². The van der Waals surface area contributed by atoms with E-state index in [0.29, 0.717) is 5.92 Å². The SMILES string of the molecule is Cc1cc(C(CCC(C)C)NN)n(C)n1. The predicted octanol–water partition coefficient (Wildman–Crippen LogP) is 1.67. The van der Waals surface area contributed by atoms with Crippen LogP contribution in [0.15, 0.2) is 6.07 Å². The van der Waals surface area contributed by atoms with Crippen molar-refractivity contribution in [2.75, 3.05) is 0 Å². The molecule has 1 aromatic heterocycles. The molecule has 86 valence electrons. The van der Waals surface area contributed by atoms with Crippen LogP contribution in [0.4, 0.5) is 0 Å². The average Bonchev–Trinajstić information content (AvgIpc) is 2.46. The van der Waals surface area contributed by atoms with E-state index in [2.05, 4.69) is 30.4 Å². The Hall–Kier alpha value is -0.870. The van der Waals surface area contributed by atoms with E-state index >= 15 is 0 Å². The van der Waals surface area contributed by atoms with Gasteiger partial charge in [-0.2, -0.15) is 5.10 Å². The molecule has 0 radical (unpaired) electrons. The van der Waals surface area contributed by atoms with E-state index in [1.54, 1.807) is 0 Å². The van der Waals surface area contributed by atoms with Gasteiger partial charge in [-0.3, -0.25) is 16.0 Å². The molecule has 4 nitrogen and oxygen atoms in total. The number of nitrogens with two attached hydrogens (primary N) is 1. The summed E-state index contributed by atoms with van der Waals surface area (Å²) in [4.78, 5) is 0. The molecule has 0 aliphatic rings. The van der Waals surface area contributed by atoms with Gasteiger partial charge in [0.25, 0.3) is 0 Å². The summed E-state index contributed by atoms with van der Waals surface area (Å²) in [6.45, 7) is 6.45. The number of nitrogens with one attached hydrogen (secondary N) is 1. The fraction of sp³-hybridized carbons (Fsp3) is 0.727. The first-order valence-electron chi connectivity index (χ1n) is 5.51. The number of nitrogens with zero attached hydrogens (tertiary/aromatic N) is 2. The van der Waals surface area contributed by atoms with E-state index < -0.39 is 0 Å². The van der Waals surface area contributed by atoms with Crippen LogP contribution < -0.4 is 11.3 Å². The van der Waals surface area contributed by atoms with Crippen molar-refractivity contribution in [3.05, 3.63) is 17.5 Å². The summed E-state index contributed by atoms with van der Waals surface area (Å²) in [5, 5.41) is 4.33. The van der Waals surface area contributed by atoms with Gasteiger partial charge in [0.1, 0.15) is 0 Å². The van der Waals surface area contributed by atoms with Crippen molar-refractivity contribution in [3.8, 4) is 0 Å². The van der Waals surface area contributed by atoms with Gasteiger partial charge in [0, 0.05) is 7.05 Å². The van der Waals surface area contributed by atoms with Crippen molar-refractivity contribution in [2.45, 2.75) is 39.7 Å². The van der Waals surface area contributed by atoms with Crippen LogP contribution in [0.25, 0.3) is 0 Å². The third-order valence-electron chi connectivity index (χ3n) is 2.63. The molecule has 4 heteroatoms.